The van der Waals surface area contributed by atoms with E-state index >= 15 is 0 Å². The van der Waals surface area contributed by atoms with Crippen LogP contribution in [0, 0.1) is 24.7 Å². The maximum absolute atomic E-state index is 5.74. The molecule has 110 valence electrons. The molecule has 20 heavy (non-hydrogen) atoms. The van der Waals surface area contributed by atoms with Crippen molar-refractivity contribution in [1.82, 2.24) is 0 Å². The van der Waals surface area contributed by atoms with Crippen LogP contribution in [0.2, 0.25) is 0 Å². The number of aryl methyl sites for hydroxylation is 1. The fourth-order valence-corrected chi connectivity index (χ4v) is 1.70. The third-order valence-corrected chi connectivity index (χ3v) is 2.70. The first-order chi connectivity index (χ1) is 9.63. The van der Waals surface area contributed by atoms with Crippen LogP contribution in [0.15, 0.2) is 18.2 Å². The van der Waals surface area contributed by atoms with E-state index in [9.17, 15) is 0 Å². The second kappa shape index (κ2) is 9.69. The van der Waals surface area contributed by atoms with Gasteiger partial charge in [0, 0.05) is 18.9 Å². The van der Waals surface area contributed by atoms with Crippen LogP contribution in [0.25, 0.3) is 0 Å². The molecule has 0 radical (unpaired) electrons. The first-order valence-corrected chi connectivity index (χ1v) is 7.53. The van der Waals surface area contributed by atoms with E-state index in [2.05, 4.69) is 25.7 Å². The van der Waals surface area contributed by atoms with Crippen LogP contribution in [-0.2, 0) is 4.74 Å². The normalized spacial score (nSPS) is 10.2. The molecule has 0 atom stereocenters. The fourth-order valence-electron chi connectivity index (χ4n) is 1.60. The van der Waals surface area contributed by atoms with Gasteiger partial charge in [-0.25, -0.2) is 0 Å². The van der Waals surface area contributed by atoms with Gasteiger partial charge in [0.15, 0.2) is 0 Å². The highest BCUT2D eigenvalue weighted by Crippen LogP contribution is 2.19. The molecule has 0 fully saturated rings. The Morgan fingerprint density at radius 3 is 2.75 bits per heavy atom. The number of hydrogen-bond acceptors (Lipinski definition) is 2. The second-order valence-corrected chi connectivity index (χ2v) is 5.44. The van der Waals surface area contributed by atoms with Gasteiger partial charge in [-0.1, -0.05) is 31.8 Å². The van der Waals surface area contributed by atoms with E-state index in [4.69, 9.17) is 21.1 Å². The van der Waals surface area contributed by atoms with Crippen molar-refractivity contribution in [3.05, 3.63) is 29.3 Å². The zero-order valence-corrected chi connectivity index (χ0v) is 13.3. The molecule has 0 unspecified atom stereocenters. The molecule has 1 aromatic carbocycles. The maximum atomic E-state index is 5.74. The molecule has 0 aliphatic heterocycles. The second-order valence-electron chi connectivity index (χ2n) is 5.06. The maximum Gasteiger partial charge on any atom is 0.135 e. The predicted octanol–water partition coefficient (Wildman–Crippen LogP) is 4.03. The topological polar surface area (TPSA) is 18.5 Å². The third kappa shape index (κ3) is 6.84. The highest BCUT2D eigenvalue weighted by atomic mass is 35.5. The van der Waals surface area contributed by atoms with Gasteiger partial charge in [0.2, 0.25) is 0 Å². The Labute approximate surface area is 127 Å². The minimum absolute atomic E-state index is 0.542. The van der Waals surface area contributed by atoms with Gasteiger partial charge in [-0.05, 0) is 30.5 Å². The van der Waals surface area contributed by atoms with E-state index in [1.807, 2.05) is 25.1 Å². The van der Waals surface area contributed by atoms with Gasteiger partial charge in [0.25, 0.3) is 0 Å². The molecule has 3 heteroatoms. The summed E-state index contributed by atoms with van der Waals surface area (Å²) in [5, 5.41) is 0. The molecular weight excluding hydrogens is 272 g/mol. The Morgan fingerprint density at radius 2 is 2.05 bits per heavy atom. The van der Waals surface area contributed by atoms with Gasteiger partial charge >= 0.3 is 0 Å². The first-order valence-electron chi connectivity index (χ1n) is 6.99. The lowest BCUT2D eigenvalue weighted by Crippen LogP contribution is -2.10. The molecule has 0 saturated carbocycles. The van der Waals surface area contributed by atoms with Crippen molar-refractivity contribution in [3.8, 4) is 17.6 Å². The fraction of sp³-hybridized carbons (Fsp3) is 0.529. The summed E-state index contributed by atoms with van der Waals surface area (Å²) in [4.78, 5) is 0. The lowest BCUT2D eigenvalue weighted by Gasteiger charge is -2.10. The molecular formula is C17H23ClO2. The molecule has 2 nitrogen and oxygen atoms in total. The molecule has 0 amide bonds. The monoisotopic (exact) mass is 294 g/mol. The van der Waals surface area contributed by atoms with Crippen molar-refractivity contribution < 1.29 is 9.47 Å². The summed E-state index contributed by atoms with van der Waals surface area (Å²) >= 11 is 5.63. The van der Waals surface area contributed by atoms with Gasteiger partial charge in [-0.3, -0.25) is 0 Å². The largest absolute Gasteiger partial charge is 0.490 e. The quantitative estimate of drug-likeness (QED) is 0.429. The van der Waals surface area contributed by atoms with Crippen LogP contribution >= 0.6 is 11.6 Å². The van der Waals surface area contributed by atoms with Gasteiger partial charge < -0.3 is 9.47 Å². The first kappa shape index (κ1) is 16.9. The van der Waals surface area contributed by atoms with Crippen LogP contribution in [0.1, 0.15) is 31.4 Å². The number of benzene rings is 1. The van der Waals surface area contributed by atoms with E-state index < -0.39 is 0 Å². The van der Waals surface area contributed by atoms with Crippen LogP contribution in [0.4, 0.5) is 0 Å². The third-order valence-electron chi connectivity index (χ3n) is 2.51. The van der Waals surface area contributed by atoms with Crippen LogP contribution in [0.5, 0.6) is 5.75 Å². The standard InChI is InChI=1S/C17H23ClO2/c1-14(2)13-19-10-11-20-17-8-7-15(3)12-16(17)6-4-5-9-18/h7-8,12,14H,5,9-11,13H2,1-3H3. The highest BCUT2D eigenvalue weighted by molar-refractivity contribution is 6.18. The minimum Gasteiger partial charge on any atom is -0.490 e. The van der Waals surface area contributed by atoms with Crippen molar-refractivity contribution in [2.45, 2.75) is 27.2 Å². The van der Waals surface area contributed by atoms with Gasteiger partial charge in [-0.15, -0.1) is 11.6 Å². The molecule has 0 aliphatic carbocycles. The van der Waals surface area contributed by atoms with Crippen molar-refractivity contribution >= 4 is 11.6 Å². The molecule has 0 saturated heterocycles. The van der Waals surface area contributed by atoms with Crippen LogP contribution in [-0.4, -0.2) is 25.7 Å². The molecule has 0 bridgehead atoms. The summed E-state index contributed by atoms with van der Waals surface area (Å²) in [5.41, 5.74) is 2.09. The molecule has 0 spiro atoms. The molecule has 0 N–H and O–H groups in total. The van der Waals surface area contributed by atoms with Crippen molar-refractivity contribution in [2.75, 3.05) is 25.7 Å². The Balaban J connectivity index is 2.54. The van der Waals surface area contributed by atoms with E-state index in [1.54, 1.807) is 0 Å². The van der Waals surface area contributed by atoms with Crippen molar-refractivity contribution in [2.24, 2.45) is 5.92 Å². The number of halogens is 1. The summed E-state index contributed by atoms with van der Waals surface area (Å²) in [6.45, 7) is 8.21. The smallest absolute Gasteiger partial charge is 0.135 e. The lowest BCUT2D eigenvalue weighted by molar-refractivity contribution is 0.0818. The summed E-state index contributed by atoms with van der Waals surface area (Å²) < 4.78 is 11.2. The van der Waals surface area contributed by atoms with Crippen molar-refractivity contribution in [3.63, 3.8) is 0 Å². The predicted molar refractivity (Wildman–Crippen MR) is 84.5 cm³/mol. The summed E-state index contributed by atoms with van der Waals surface area (Å²) in [7, 11) is 0. The Kier molecular flexibility index (Phi) is 8.18. The van der Waals surface area contributed by atoms with Gasteiger partial charge in [0.05, 0.1) is 12.2 Å². The van der Waals surface area contributed by atoms with Crippen LogP contribution in [0.3, 0.4) is 0 Å². The molecule has 1 rings (SSSR count). The molecule has 1 aromatic rings. The molecule has 0 aliphatic rings. The van der Waals surface area contributed by atoms with Crippen molar-refractivity contribution in [1.29, 1.82) is 0 Å². The van der Waals surface area contributed by atoms with E-state index in [0.717, 1.165) is 17.9 Å². The minimum atomic E-state index is 0.542. The number of rotatable bonds is 7. The number of hydrogen-bond donors (Lipinski definition) is 0. The lowest BCUT2D eigenvalue weighted by atomic mass is 10.1. The Bertz CT molecular complexity index is 458. The Morgan fingerprint density at radius 1 is 1.25 bits per heavy atom. The highest BCUT2D eigenvalue weighted by Gasteiger charge is 2.02. The number of ether oxygens (including phenoxy) is 2. The van der Waals surface area contributed by atoms with Gasteiger partial charge in [0.1, 0.15) is 12.4 Å². The Hall–Kier alpha value is -1.17. The zero-order valence-electron chi connectivity index (χ0n) is 12.5. The summed E-state index contributed by atoms with van der Waals surface area (Å²) in [6.07, 6.45) is 0.687. The molecule has 0 aromatic heterocycles. The summed E-state index contributed by atoms with van der Waals surface area (Å²) in [6, 6.07) is 6.02. The zero-order chi connectivity index (χ0) is 14.8. The average molecular weight is 295 g/mol. The number of alkyl halides is 1. The van der Waals surface area contributed by atoms with Crippen LogP contribution < -0.4 is 4.74 Å². The van der Waals surface area contributed by atoms with E-state index in [1.165, 1.54) is 5.56 Å². The van der Waals surface area contributed by atoms with E-state index in [-0.39, 0.29) is 0 Å². The summed E-state index contributed by atoms with van der Waals surface area (Å²) in [5.74, 6) is 8.07. The molecule has 0 heterocycles. The van der Waals surface area contributed by atoms with E-state index in [0.29, 0.717) is 31.4 Å². The van der Waals surface area contributed by atoms with Gasteiger partial charge in [-0.2, -0.15) is 0 Å². The SMILES string of the molecule is Cc1ccc(OCCOCC(C)C)c(C#CCCCl)c1. The average Bonchev–Trinajstić information content (AvgIpc) is 2.40.